The Morgan fingerprint density at radius 2 is 0.554 bits per heavy atom. The first-order valence-electron chi connectivity index (χ1n) is 23.6. The summed E-state index contributed by atoms with van der Waals surface area (Å²) in [5.41, 5.74) is -0.140. The van der Waals surface area contributed by atoms with Crippen molar-refractivity contribution in [3.63, 3.8) is 0 Å². The van der Waals surface area contributed by atoms with E-state index in [9.17, 15) is 86.8 Å². The second kappa shape index (κ2) is 22.3. The summed E-state index contributed by atoms with van der Waals surface area (Å²) < 4.78 is 33.9. The van der Waals surface area contributed by atoms with Crippen LogP contribution in [0.1, 0.15) is 53.6 Å². The molecule has 34 nitrogen and oxygen atoms in total. The number of aliphatic hydroxyl groups is 17. The lowest BCUT2D eigenvalue weighted by Crippen LogP contribution is -2.58. The lowest BCUT2D eigenvalue weighted by molar-refractivity contribution is -0.232. The molecule has 34 heteroatoms. The van der Waals surface area contributed by atoms with E-state index in [1.807, 2.05) is 0 Å². The largest absolute Gasteiger partial charge is 0.396 e. The Kier molecular flexibility index (Phi) is 16.4. The Morgan fingerprint density at radius 3 is 0.838 bits per heavy atom. The van der Waals surface area contributed by atoms with Crippen LogP contribution in [0.25, 0.3) is 0 Å². The molecule has 0 spiro atoms. The number of aliphatic hydroxyl groups excluding tert-OH is 17. The van der Waals surface area contributed by atoms with Crippen LogP contribution in [-0.2, 0) is 49.9 Å². The van der Waals surface area contributed by atoms with E-state index in [2.05, 4.69) is 41.2 Å². The predicted molar refractivity (Wildman–Crippen MR) is 228 cm³/mol. The van der Waals surface area contributed by atoms with Crippen molar-refractivity contribution in [2.45, 2.75) is 185 Å². The average Bonchev–Trinajstić information content (AvgIpc) is 4.24. The van der Waals surface area contributed by atoms with Crippen molar-refractivity contribution >= 4 is 0 Å². The van der Waals surface area contributed by atoms with Crippen LogP contribution in [0.15, 0.2) is 24.8 Å². The van der Waals surface area contributed by atoms with Crippen molar-refractivity contribution in [3.05, 3.63) is 47.6 Å². The van der Waals surface area contributed by atoms with Crippen LogP contribution >= 0.6 is 0 Å². The molecule has 17 N–H and O–H groups in total. The predicted octanol–water partition coefficient (Wildman–Crippen LogP) is -11.5. The van der Waals surface area contributed by atoms with E-state index < -0.39 is 159 Å². The van der Waals surface area contributed by atoms with Crippen molar-refractivity contribution in [1.82, 2.24) is 60.0 Å². The zero-order chi connectivity index (χ0) is 53.0. The number of ether oxygens (including phenoxy) is 5. The van der Waals surface area contributed by atoms with Gasteiger partial charge in [0.05, 0.1) is 63.7 Å². The maximum atomic E-state index is 11.0. The van der Waals surface area contributed by atoms with Gasteiger partial charge < -0.3 is 110 Å². The average molecular weight is 1060 g/mol. The monoisotopic (exact) mass is 1060 g/mol. The molecular weight excluding hydrogens is 1000 g/mol. The van der Waals surface area contributed by atoms with Gasteiger partial charge in [-0.05, 0) is 6.42 Å². The quantitative estimate of drug-likeness (QED) is 0.0526. The third-order valence-electron chi connectivity index (χ3n) is 14.1. The lowest BCUT2D eigenvalue weighted by atomic mass is 9.93. The number of hydrogen-bond acceptors (Lipinski definition) is 30. The standard InChI is InChI=1S/C40H60N12O22/c53-2-1-16-22(55)28(61)23(56)17(70-16)7-49-3-12(41-45-49)37-33(66)29(62)24(57)18(71-37)8-50-4-13(42-46-50)38-34(67)30(63)25(58)19(72-38)9-51-5-14(43-47-51)39-35(68)31(64)26(59)20(73-39)10-52-6-15(44-48-52)40-36(69)32(65)27(60)21(11-54)74-40/h3-6,16-40,53-69H,1-2,7-11H2/t16-,17-,18-,19-,20-,21-,22-,23-,24-,25-,26-,27-,28-,29+,30+,31+,32+,33+,34+,35+,36+,37-,38-,39-,40-/m1/s1. The number of hydrogen-bond donors (Lipinski definition) is 17. The number of nitrogens with zero attached hydrogens (tertiary/aromatic N) is 12. The van der Waals surface area contributed by atoms with Gasteiger partial charge in [0, 0.05) is 6.61 Å². The molecule has 0 saturated carbocycles. The van der Waals surface area contributed by atoms with Crippen molar-refractivity contribution in [2.75, 3.05) is 13.2 Å². The Balaban J connectivity index is 0.829. The van der Waals surface area contributed by atoms with E-state index in [4.69, 9.17) is 23.7 Å². The van der Waals surface area contributed by atoms with E-state index in [0.29, 0.717) is 0 Å². The van der Waals surface area contributed by atoms with E-state index in [-0.39, 0.29) is 62.0 Å². The Bertz CT molecular complexity index is 2450. The van der Waals surface area contributed by atoms with Gasteiger partial charge in [-0.25, -0.2) is 18.7 Å². The highest BCUT2D eigenvalue weighted by atomic mass is 16.6. The van der Waals surface area contributed by atoms with Gasteiger partial charge >= 0.3 is 0 Å². The smallest absolute Gasteiger partial charge is 0.132 e. The molecular formula is C40H60N12O22. The Labute approximate surface area is 416 Å². The SMILES string of the molecule is OCC[C@H]1O[C@H](Cn2cc([C@H]3O[C@H](Cn4cc([C@H]5O[C@H](Cn6cc([C@H]7O[C@H](Cn8cc([C@H]9O[C@H](CO)[C@@H](O)[C@H](O)[C@@H]9O)nn8)[C@@H](O)[C@H](O)[C@@H]7O)nn6)[C@@H](O)[C@H](O)[C@@H]5O)nn4)[C@@H](O)[C@H](O)[C@@H]3O)nn2)[C@@H](O)[C@H](O)[C@@H]1O. The van der Waals surface area contributed by atoms with E-state index in [1.165, 1.54) is 29.5 Å². The molecule has 9 heterocycles. The van der Waals surface area contributed by atoms with Gasteiger partial charge in [0.1, 0.15) is 169 Å². The van der Waals surface area contributed by atoms with Crippen molar-refractivity contribution in [3.8, 4) is 0 Å². The minimum atomic E-state index is -1.81. The normalized spacial score (nSPS) is 43.2. The molecule has 5 aliphatic rings. The Morgan fingerprint density at radius 1 is 0.311 bits per heavy atom. The highest BCUT2D eigenvalue weighted by molar-refractivity contribution is 5.11. The van der Waals surface area contributed by atoms with Gasteiger partial charge in [-0.2, -0.15) is 0 Å². The minimum absolute atomic E-state index is 0.0114. The third kappa shape index (κ3) is 10.6. The second-order valence-corrected chi connectivity index (χ2v) is 19.1. The second-order valence-electron chi connectivity index (χ2n) is 19.1. The first kappa shape index (κ1) is 54.5. The first-order valence-corrected chi connectivity index (χ1v) is 23.6. The molecule has 0 aromatic carbocycles. The van der Waals surface area contributed by atoms with Crippen LogP contribution in [0.2, 0.25) is 0 Å². The van der Waals surface area contributed by atoms with Crippen LogP contribution in [0.3, 0.4) is 0 Å². The summed E-state index contributed by atoms with van der Waals surface area (Å²) in [5, 5.41) is 211. The fourth-order valence-electron chi connectivity index (χ4n) is 9.80. The maximum Gasteiger partial charge on any atom is 0.132 e. The van der Waals surface area contributed by atoms with Gasteiger partial charge in [0.25, 0.3) is 0 Å². The van der Waals surface area contributed by atoms with Crippen LogP contribution < -0.4 is 0 Å². The summed E-state index contributed by atoms with van der Waals surface area (Å²) in [5.74, 6) is 0. The van der Waals surface area contributed by atoms with Crippen molar-refractivity contribution in [2.24, 2.45) is 0 Å². The fourth-order valence-corrected chi connectivity index (χ4v) is 9.80. The zero-order valence-electron chi connectivity index (χ0n) is 38.7. The summed E-state index contributed by atoms with van der Waals surface area (Å²) >= 11 is 0. The lowest BCUT2D eigenvalue weighted by Gasteiger charge is -2.40. The summed E-state index contributed by atoms with van der Waals surface area (Å²) in [6.07, 6.45) is -32.8. The van der Waals surface area contributed by atoms with Gasteiger partial charge in [-0.1, -0.05) is 20.9 Å². The van der Waals surface area contributed by atoms with Gasteiger partial charge in [-0.3, -0.25) is 0 Å². The molecule has 5 fully saturated rings. The summed E-state index contributed by atoms with van der Waals surface area (Å²) in [4.78, 5) is 0. The molecule has 9 rings (SSSR count). The van der Waals surface area contributed by atoms with Gasteiger partial charge in [0.2, 0.25) is 0 Å². The summed E-state index contributed by atoms with van der Waals surface area (Å²) in [7, 11) is 0. The third-order valence-corrected chi connectivity index (χ3v) is 14.1. The maximum absolute atomic E-state index is 11.0. The van der Waals surface area contributed by atoms with Crippen molar-refractivity contribution < 1.29 is 110 Å². The van der Waals surface area contributed by atoms with E-state index in [1.54, 1.807) is 0 Å². The molecule has 4 aromatic rings. The minimum Gasteiger partial charge on any atom is -0.396 e. The molecule has 5 saturated heterocycles. The molecule has 0 bridgehead atoms. The van der Waals surface area contributed by atoms with Crippen molar-refractivity contribution in [1.29, 1.82) is 0 Å². The molecule has 25 atom stereocenters. The molecule has 0 unspecified atom stereocenters. The molecule has 4 aromatic heterocycles. The molecule has 0 aliphatic carbocycles. The number of rotatable bonds is 15. The molecule has 0 amide bonds. The van der Waals surface area contributed by atoms with Crippen LogP contribution in [-0.4, -0.2) is 288 Å². The van der Waals surface area contributed by atoms with Gasteiger partial charge in [0.15, 0.2) is 0 Å². The molecule has 0 radical (unpaired) electrons. The van der Waals surface area contributed by atoms with Gasteiger partial charge in [-0.15, -0.1) is 20.4 Å². The fraction of sp³-hybridized carbons (Fsp3) is 0.800. The van der Waals surface area contributed by atoms with Crippen LogP contribution in [0, 0.1) is 0 Å². The topological polar surface area (TPSA) is 513 Å². The van der Waals surface area contributed by atoms with Crippen LogP contribution in [0.4, 0.5) is 0 Å². The first-order chi connectivity index (χ1) is 35.3. The van der Waals surface area contributed by atoms with E-state index in [0.717, 1.165) is 14.0 Å². The molecule has 412 valence electrons. The summed E-state index contributed by atoms with van der Waals surface area (Å²) in [6, 6.07) is 0. The number of aromatic nitrogens is 12. The Hall–Kier alpha value is -4.32. The summed E-state index contributed by atoms with van der Waals surface area (Å²) in [6.45, 7) is -2.18. The highest BCUT2D eigenvalue weighted by Gasteiger charge is 2.51. The zero-order valence-corrected chi connectivity index (χ0v) is 38.7. The highest BCUT2D eigenvalue weighted by Crippen LogP contribution is 2.37. The molecule has 74 heavy (non-hydrogen) atoms. The molecule has 5 aliphatic heterocycles. The van der Waals surface area contributed by atoms with Crippen LogP contribution in [0.5, 0.6) is 0 Å². The van der Waals surface area contributed by atoms with E-state index >= 15 is 0 Å².